The molecule has 0 aliphatic rings. The van der Waals surface area contributed by atoms with E-state index in [0.29, 0.717) is 0 Å². The molecule has 1 rings (SSSR count). The molecule has 0 aliphatic heterocycles. The van der Waals surface area contributed by atoms with Gasteiger partial charge in [0.15, 0.2) is 0 Å². The average molecular weight is 262 g/mol. The van der Waals surface area contributed by atoms with Crippen LogP contribution in [-0.2, 0) is 4.79 Å². The maximum atomic E-state index is 11.8. The first-order chi connectivity index (χ1) is 8.86. The number of nitro benzene ring substituents is 1. The van der Waals surface area contributed by atoms with Gasteiger partial charge in [0.25, 0.3) is 5.69 Å². The van der Waals surface area contributed by atoms with Crippen molar-refractivity contribution >= 4 is 17.3 Å². The Kier molecular flexibility index (Phi) is 4.56. The van der Waals surface area contributed by atoms with E-state index in [2.05, 4.69) is 5.32 Å². The fourth-order valence-electron chi connectivity index (χ4n) is 1.37. The van der Waals surface area contributed by atoms with E-state index in [9.17, 15) is 14.9 Å². The second-order valence-electron chi connectivity index (χ2n) is 4.36. The molecule has 7 heteroatoms. The summed E-state index contributed by atoms with van der Waals surface area (Å²) in [6.07, 6.45) is 0. The van der Waals surface area contributed by atoms with Crippen LogP contribution < -0.4 is 11.1 Å². The molecule has 0 saturated heterocycles. The Labute approximate surface area is 110 Å². The van der Waals surface area contributed by atoms with Crippen LogP contribution >= 0.6 is 0 Å². The fourth-order valence-corrected chi connectivity index (χ4v) is 1.37. The zero-order valence-electron chi connectivity index (χ0n) is 10.6. The van der Waals surface area contributed by atoms with Gasteiger partial charge >= 0.3 is 0 Å². The summed E-state index contributed by atoms with van der Waals surface area (Å²) < 4.78 is 0. The number of amides is 1. The van der Waals surface area contributed by atoms with E-state index in [1.165, 1.54) is 12.1 Å². The number of nitriles is 1. The highest BCUT2D eigenvalue weighted by Gasteiger charge is 2.19. The first-order valence-corrected chi connectivity index (χ1v) is 5.61. The number of non-ortho nitro benzene ring substituents is 1. The average Bonchev–Trinajstić information content (AvgIpc) is 2.37. The third kappa shape index (κ3) is 3.50. The molecule has 0 aromatic heterocycles. The van der Waals surface area contributed by atoms with Gasteiger partial charge in [-0.05, 0) is 12.0 Å². The molecule has 1 aromatic rings. The Balaban J connectivity index is 3.00. The quantitative estimate of drug-likeness (QED) is 0.627. The first-order valence-electron chi connectivity index (χ1n) is 5.61. The minimum atomic E-state index is -0.707. The van der Waals surface area contributed by atoms with Crippen molar-refractivity contribution < 1.29 is 9.72 Å². The van der Waals surface area contributed by atoms with Gasteiger partial charge < -0.3 is 11.1 Å². The molecule has 0 saturated carbocycles. The van der Waals surface area contributed by atoms with Gasteiger partial charge in [0, 0.05) is 12.1 Å². The number of nitrogens with zero attached hydrogens (tertiary/aromatic N) is 2. The van der Waals surface area contributed by atoms with Crippen molar-refractivity contribution in [3.63, 3.8) is 0 Å². The van der Waals surface area contributed by atoms with Crippen molar-refractivity contribution in [2.45, 2.75) is 19.9 Å². The minimum absolute atomic E-state index is 0.0264. The number of nitro groups is 1. The van der Waals surface area contributed by atoms with E-state index in [1.54, 1.807) is 19.9 Å². The number of hydrogen-bond acceptors (Lipinski definition) is 5. The number of hydrogen-bond donors (Lipinski definition) is 2. The van der Waals surface area contributed by atoms with Crippen LogP contribution in [0, 0.1) is 27.4 Å². The van der Waals surface area contributed by atoms with Crippen molar-refractivity contribution in [1.29, 1.82) is 5.26 Å². The van der Waals surface area contributed by atoms with Gasteiger partial charge in [0.1, 0.15) is 6.07 Å². The highest BCUT2D eigenvalue weighted by Crippen LogP contribution is 2.21. The van der Waals surface area contributed by atoms with E-state index in [1.807, 2.05) is 0 Å². The second-order valence-corrected chi connectivity index (χ2v) is 4.36. The molecule has 19 heavy (non-hydrogen) atoms. The molecule has 0 heterocycles. The molecule has 1 unspecified atom stereocenters. The van der Waals surface area contributed by atoms with Crippen LogP contribution in [0.1, 0.15) is 19.4 Å². The Bertz CT molecular complexity index is 548. The van der Waals surface area contributed by atoms with Gasteiger partial charge in [-0.15, -0.1) is 0 Å². The summed E-state index contributed by atoms with van der Waals surface area (Å²) in [4.78, 5) is 21.7. The molecule has 0 radical (unpaired) electrons. The van der Waals surface area contributed by atoms with Gasteiger partial charge in [-0.1, -0.05) is 13.8 Å². The molecule has 1 aromatic carbocycles. The molecule has 0 bridgehead atoms. The molecule has 1 atom stereocenters. The lowest BCUT2D eigenvalue weighted by atomic mass is 10.0. The molecule has 0 fully saturated rings. The predicted octanol–water partition coefficient (Wildman–Crippen LogP) is 1.39. The minimum Gasteiger partial charge on any atom is -0.324 e. The Morgan fingerprint density at radius 3 is 2.63 bits per heavy atom. The molecule has 1 amide bonds. The van der Waals surface area contributed by atoms with E-state index >= 15 is 0 Å². The van der Waals surface area contributed by atoms with Crippen molar-refractivity contribution in [3.8, 4) is 6.07 Å². The third-order valence-electron chi connectivity index (χ3n) is 2.61. The molecular formula is C12H14N4O3. The Morgan fingerprint density at radius 1 is 1.53 bits per heavy atom. The number of benzene rings is 1. The van der Waals surface area contributed by atoms with Gasteiger partial charge in [-0.25, -0.2) is 0 Å². The van der Waals surface area contributed by atoms with Crippen LogP contribution in [0.3, 0.4) is 0 Å². The lowest BCUT2D eigenvalue weighted by molar-refractivity contribution is -0.384. The number of anilines is 1. The number of carbonyl (C=O) groups is 1. The van der Waals surface area contributed by atoms with Crippen LogP contribution in [0.2, 0.25) is 0 Å². The molecular weight excluding hydrogens is 248 g/mol. The van der Waals surface area contributed by atoms with Crippen LogP contribution in [-0.4, -0.2) is 16.9 Å². The van der Waals surface area contributed by atoms with Crippen LogP contribution in [0.15, 0.2) is 18.2 Å². The highest BCUT2D eigenvalue weighted by atomic mass is 16.6. The lowest BCUT2D eigenvalue weighted by Crippen LogP contribution is -2.39. The summed E-state index contributed by atoms with van der Waals surface area (Å²) in [5.74, 6) is -0.482. The molecule has 0 spiro atoms. The normalized spacial score (nSPS) is 11.7. The monoisotopic (exact) mass is 262 g/mol. The summed E-state index contributed by atoms with van der Waals surface area (Å²) in [6, 6.07) is 4.75. The van der Waals surface area contributed by atoms with E-state index < -0.39 is 16.9 Å². The smallest absolute Gasteiger partial charge is 0.270 e. The maximum absolute atomic E-state index is 11.8. The van der Waals surface area contributed by atoms with Crippen LogP contribution in [0.25, 0.3) is 0 Å². The Hall–Kier alpha value is -2.46. The van der Waals surface area contributed by atoms with Crippen molar-refractivity contribution in [2.75, 3.05) is 5.32 Å². The topological polar surface area (TPSA) is 122 Å². The SMILES string of the molecule is CC(C)C(N)C(=O)Nc1ccc([N+](=O)[O-])cc1C#N. The summed E-state index contributed by atoms with van der Waals surface area (Å²) in [5.41, 5.74) is 5.71. The van der Waals surface area contributed by atoms with Crippen molar-refractivity contribution in [3.05, 3.63) is 33.9 Å². The number of nitrogens with one attached hydrogen (secondary N) is 1. The van der Waals surface area contributed by atoms with E-state index in [4.69, 9.17) is 11.0 Å². The summed E-state index contributed by atoms with van der Waals surface area (Å²) in [6.45, 7) is 3.59. The summed E-state index contributed by atoms with van der Waals surface area (Å²) in [7, 11) is 0. The zero-order valence-corrected chi connectivity index (χ0v) is 10.6. The van der Waals surface area contributed by atoms with E-state index in [0.717, 1.165) is 6.07 Å². The fraction of sp³-hybridized carbons (Fsp3) is 0.333. The molecule has 3 N–H and O–H groups in total. The number of rotatable bonds is 4. The lowest BCUT2D eigenvalue weighted by Gasteiger charge is -2.15. The van der Waals surface area contributed by atoms with Gasteiger partial charge in [0.2, 0.25) is 5.91 Å². The zero-order chi connectivity index (χ0) is 14.6. The maximum Gasteiger partial charge on any atom is 0.270 e. The Morgan fingerprint density at radius 2 is 2.16 bits per heavy atom. The van der Waals surface area contributed by atoms with Crippen molar-refractivity contribution in [1.82, 2.24) is 0 Å². The van der Waals surface area contributed by atoms with Crippen LogP contribution in [0.5, 0.6) is 0 Å². The van der Waals surface area contributed by atoms with Gasteiger partial charge in [-0.2, -0.15) is 5.26 Å². The van der Waals surface area contributed by atoms with Crippen LogP contribution in [0.4, 0.5) is 11.4 Å². The number of nitrogens with two attached hydrogens (primary N) is 1. The number of carbonyl (C=O) groups excluding carboxylic acids is 1. The third-order valence-corrected chi connectivity index (χ3v) is 2.61. The largest absolute Gasteiger partial charge is 0.324 e. The van der Waals surface area contributed by atoms with Gasteiger partial charge in [-0.3, -0.25) is 14.9 Å². The summed E-state index contributed by atoms with van der Waals surface area (Å²) in [5, 5.41) is 22.0. The van der Waals surface area contributed by atoms with E-state index in [-0.39, 0.29) is 22.9 Å². The van der Waals surface area contributed by atoms with Crippen molar-refractivity contribution in [2.24, 2.45) is 11.7 Å². The van der Waals surface area contributed by atoms with Gasteiger partial charge in [0.05, 0.1) is 22.2 Å². The standard InChI is InChI=1S/C12H14N4O3/c1-7(2)11(14)12(17)15-10-4-3-9(16(18)19)5-8(10)6-13/h3-5,7,11H,14H2,1-2H3,(H,15,17). The predicted molar refractivity (Wildman–Crippen MR) is 69.3 cm³/mol. The molecule has 7 nitrogen and oxygen atoms in total. The highest BCUT2D eigenvalue weighted by molar-refractivity contribution is 5.96. The molecule has 0 aliphatic carbocycles. The molecule has 100 valence electrons. The first kappa shape index (κ1) is 14.6. The summed E-state index contributed by atoms with van der Waals surface area (Å²) >= 11 is 0. The second kappa shape index (κ2) is 5.93.